The Morgan fingerprint density at radius 2 is 0.906 bits per heavy atom. The highest BCUT2D eigenvalue weighted by Gasteiger charge is 2.48. The molecule has 2 fully saturated rings. The first-order valence-electron chi connectivity index (χ1n) is 42.2. The number of halogens is 3. The van der Waals surface area contributed by atoms with Gasteiger partial charge in [-0.25, -0.2) is 9.97 Å². The molecular weight excluding hydrogens is 2820 g/mol. The first-order chi connectivity index (χ1) is 72.4. The Morgan fingerprint density at radius 3 is 1.36 bits per heavy atom. The molecule has 2 unspecified atom stereocenters. The summed E-state index contributed by atoms with van der Waals surface area (Å²) in [7, 11) is 58.1. The normalized spacial score (nSPS) is 14.8. The summed E-state index contributed by atoms with van der Waals surface area (Å²) in [6.07, 6.45) is 14.1. The number of aromatic nitrogens is 8. The average molecular weight is 2890 g/mol. The number of fused-ring (bicyclic) bond motifs is 8. The minimum Gasteiger partial charge on any atom is -0.493 e. The maximum atomic E-state index is 13.4. The van der Waals surface area contributed by atoms with E-state index in [0.717, 1.165) is 136 Å². The number of ether oxygens (including phenoxy) is 1. The molecule has 6 amide bonds. The Labute approximate surface area is 1010 Å². The molecule has 2 N–H and O–H groups in total. The molecule has 6 aliphatic rings. The van der Waals surface area contributed by atoms with E-state index in [1.165, 1.54) is 49.5 Å². The van der Waals surface area contributed by atoms with E-state index < -0.39 is 47.5 Å². The number of Topliss-reactive ketones (excluding diaryl/α,β-unsaturated/α-hetero) is 2. The molecule has 5 aliphatic heterocycles. The lowest BCUT2D eigenvalue weighted by molar-refractivity contribution is -0.136. The highest BCUT2D eigenvalue weighted by atomic mass is 127. The number of unbranched alkanes of at least 4 members (excludes halogenated alkanes) is 2. The number of aliphatic imine (C=N–C) groups is 2. The number of amides is 6. The quantitative estimate of drug-likeness (QED) is 0.0299. The second-order valence-electron chi connectivity index (χ2n) is 29.7. The van der Waals surface area contributed by atoms with E-state index in [9.17, 15) is 38.4 Å². The zero-order chi connectivity index (χ0) is 106. The van der Waals surface area contributed by atoms with Crippen LogP contribution in [0, 0.1) is 54.8 Å². The van der Waals surface area contributed by atoms with Crippen molar-refractivity contribution in [2.24, 2.45) is 9.98 Å². The predicted octanol–water partition coefficient (Wildman–Crippen LogP) is 13.9. The van der Waals surface area contributed by atoms with Crippen molar-refractivity contribution in [3.05, 3.63) is 241 Å². The molecule has 66 heteroatoms. The van der Waals surface area contributed by atoms with Gasteiger partial charge in [-0.3, -0.25) is 72.6 Å². The summed E-state index contributed by atoms with van der Waals surface area (Å²) < 4.78 is 11.3. The maximum absolute atomic E-state index is 13.4. The van der Waals surface area contributed by atoms with Gasteiger partial charge in [-0.1, -0.05) is 77.7 Å². The molecule has 4 aromatic carbocycles. The summed E-state index contributed by atoms with van der Waals surface area (Å²) in [4.78, 5) is 122. The third kappa shape index (κ3) is 36.9. The Kier molecular flexibility index (Phi) is 56.3. The number of anilines is 1. The maximum Gasteiger partial charge on any atom is 0.266 e. The van der Waals surface area contributed by atoms with Crippen molar-refractivity contribution in [1.29, 1.82) is 0 Å². The summed E-state index contributed by atoms with van der Waals surface area (Å²) in [6.45, 7) is 13.2. The molecule has 1 saturated carbocycles. The zero-order valence-corrected chi connectivity index (χ0v) is 113. The van der Waals surface area contributed by atoms with Crippen molar-refractivity contribution in [3.63, 3.8) is 0 Å². The fourth-order valence-corrected chi connectivity index (χ4v) is 100. The van der Waals surface area contributed by atoms with Crippen LogP contribution in [0.15, 0.2) is 132 Å². The molecule has 23 nitrogen and oxygen atoms in total. The number of piperidine rings is 1. The van der Waals surface area contributed by atoms with Crippen molar-refractivity contribution >= 4 is 479 Å². The van der Waals surface area contributed by atoms with Gasteiger partial charge in [-0.2, -0.15) is 0 Å². The van der Waals surface area contributed by atoms with Crippen molar-refractivity contribution < 1.29 is 43.1 Å². The van der Waals surface area contributed by atoms with Gasteiger partial charge in [0, 0.05) is 416 Å². The van der Waals surface area contributed by atoms with Crippen LogP contribution in [0.25, 0.3) is 10.0 Å². The van der Waals surface area contributed by atoms with Gasteiger partial charge in [-0.05, 0) is 210 Å². The van der Waals surface area contributed by atoms with Crippen molar-refractivity contribution in [2.45, 2.75) is 136 Å². The van der Waals surface area contributed by atoms with E-state index >= 15 is 0 Å². The van der Waals surface area contributed by atoms with Crippen LogP contribution < -0.4 is 15.4 Å². The number of terminal acetylenes is 1. The zero-order valence-electron chi connectivity index (χ0n) is 76.6. The highest BCUT2D eigenvalue weighted by molar-refractivity contribution is 14.1. The van der Waals surface area contributed by atoms with Gasteiger partial charge in [0.05, 0.1) is 60.5 Å². The molecule has 11 heterocycles. The number of imide groups is 3. The third-order valence-corrected chi connectivity index (χ3v) is 96.2. The standard InChI is InChI=1S/C42H36ClN7O4S.C24H21N3O5.C17H14ClIN4S.S28.S10/c1-23-35(55-42-36(23)38(27-11-13-28(43)14-12-27)46-24(2)39-48-47-25(3)49(39)42)19-16-29-15-10-26(22-45-29)7-4-5-20-44-32-9-6-8-31-37(32)41(54)50(40(31)53)33-18-17-30(51)21-34(33)52;1-2-16-10-9-15(14-25-16)6-3-4-13-32-19-8-5-7-17-21(19)24(31)27(23(17)30)18-11-12-20(28)26-22(18)29;1-8-13-14(11-4-6-12(18)7-5-11)20-9(2)16-22-21-10(3)23(16)17(13)24-15(8)19;1-3-5-7-9-11-13-15-17-19-21-23-25-27-28-26-24-22-20-18-16-14-12-10-8-6-4-2;1-3-5-7-9-10-8-6-4-2/h6,8-15,22,24,33,44H,4-5,7,17-18,20-21H2,1-3H3;1,5,7-10,14,18H,3-4,6,11-13H2,(H,26,28,29);4-7,9H,1-3H3;;/t24-,33?;;9-;;/m0.0../s1. The van der Waals surface area contributed by atoms with Crippen LogP contribution in [-0.2, 0) is 379 Å². The number of hydrogen-bond acceptors (Lipinski definition) is 24. The van der Waals surface area contributed by atoms with Crippen LogP contribution in [0.5, 0.6) is 5.75 Å². The third-order valence-electron chi connectivity index (χ3n) is 20.8. The number of aryl methyl sites for hydroxylation is 4. The topological polar surface area (TPSA) is 288 Å². The van der Waals surface area contributed by atoms with E-state index in [4.69, 9.17) is 66.7 Å². The van der Waals surface area contributed by atoms with E-state index in [-0.39, 0.29) is 78.0 Å². The van der Waals surface area contributed by atoms with Crippen LogP contribution in [0.1, 0.15) is 209 Å². The SMILES string of the molecule is C#Cc1ccc(CCCCOc2cccc3c2C(=O)N(C2CCC(=O)NC2=O)C3=O)cn1.Cc1c(C#Cc2ccc(CCCCNc3cccc4c3C(=O)N(C3CCC(=O)CC3=O)C4=O)cn2)sc2c1C(c1ccc(Cl)cc1)=N[C@@H](C)c1nnc(C)n1-2.Cc1c(I)sc2c1C(c1ccc(Cl)cc1)=N[C@@H](C)c1nnc(C)n1-2.S=S=S=S=S=S=S=S=S=S.S=S=S=S=S=S=S=S=S=S=S=S=S=S=S=S=S=S=S=S=S=S=S=S=S=S=S=S. The van der Waals surface area contributed by atoms with Crippen LogP contribution >= 0.6 is 68.5 Å². The van der Waals surface area contributed by atoms with Gasteiger partial charge in [0.15, 0.2) is 17.4 Å². The number of nitrogens with one attached hydrogen (secondary N) is 2. The monoisotopic (exact) mass is 2880 g/mol. The first kappa shape index (κ1) is 125. The molecule has 4 atom stereocenters. The summed E-state index contributed by atoms with van der Waals surface area (Å²) in [5.41, 5.74) is 13.3. The van der Waals surface area contributed by atoms with Gasteiger partial charge in [0.25, 0.3) is 23.6 Å². The van der Waals surface area contributed by atoms with Gasteiger partial charge in [-0.15, -0.1) is 49.5 Å². The second kappa shape index (κ2) is 67.2. The molecule has 6 aromatic heterocycles. The van der Waals surface area contributed by atoms with Gasteiger partial charge >= 0.3 is 0 Å². The van der Waals surface area contributed by atoms with Crippen LogP contribution in [0.3, 0.4) is 0 Å². The molecule has 10 aromatic rings. The minimum atomic E-state index is -0.998. The predicted molar refractivity (Wildman–Crippen MR) is 711 cm³/mol. The Balaban J connectivity index is 0.000000180. The molecule has 0 bridgehead atoms. The molecule has 0 radical (unpaired) electrons. The lowest BCUT2D eigenvalue weighted by Crippen LogP contribution is -2.54. The number of benzene rings is 4. The molecular formula is C83H71Cl2IN14O9S40. The number of rotatable bonds is 16. The smallest absolute Gasteiger partial charge is 0.266 e. The van der Waals surface area contributed by atoms with E-state index in [2.05, 4.69) is 134 Å². The van der Waals surface area contributed by atoms with Crippen LogP contribution in [-0.4, -0.2) is 133 Å². The van der Waals surface area contributed by atoms with E-state index in [0.29, 0.717) is 41.0 Å². The molecule has 1 aliphatic carbocycles. The summed E-state index contributed by atoms with van der Waals surface area (Å²) in [5.74, 6) is 9.12. The van der Waals surface area contributed by atoms with Gasteiger partial charge in [0.1, 0.15) is 62.7 Å². The number of hydrogen-bond donors (Lipinski definition) is 2. The Hall–Kier alpha value is -2.65. The largest absolute Gasteiger partial charge is 0.493 e. The first-order valence-corrected chi connectivity index (χ1v) is 93.6. The second-order valence-corrected chi connectivity index (χ2v) is 94.5. The van der Waals surface area contributed by atoms with Crippen LogP contribution in [0.4, 0.5) is 5.69 Å². The molecule has 0 spiro atoms. The van der Waals surface area contributed by atoms with E-state index in [1.54, 1.807) is 249 Å². The van der Waals surface area contributed by atoms with Gasteiger partial charge < -0.3 is 10.1 Å². The molecule has 149 heavy (non-hydrogen) atoms. The summed E-state index contributed by atoms with van der Waals surface area (Å²) >= 11 is 36.9. The lowest BCUT2D eigenvalue weighted by Gasteiger charge is -2.27. The van der Waals surface area contributed by atoms with Crippen molar-refractivity contribution in [1.82, 2.24) is 54.6 Å². The van der Waals surface area contributed by atoms with Gasteiger partial charge in [0.2, 0.25) is 11.8 Å². The Morgan fingerprint density at radius 1 is 0.477 bits per heavy atom. The molecule has 16 rings (SSSR count). The molecule has 1 saturated heterocycles. The number of ketones is 2. The van der Waals surface area contributed by atoms with Crippen molar-refractivity contribution in [3.8, 4) is 39.9 Å². The number of carbonyl (C=O) groups is 8. The molecule has 788 valence electrons. The number of thiophene rings is 2. The average Bonchev–Trinajstić information content (AvgIpc) is 1.59. The van der Waals surface area contributed by atoms with Crippen LogP contribution in [0.2, 0.25) is 10.0 Å². The fourth-order valence-electron chi connectivity index (χ4n) is 14.6. The summed E-state index contributed by atoms with van der Waals surface area (Å²) in [6, 6.07) is 31.1. The number of nitrogens with zero attached hydrogens (tertiary/aromatic N) is 12. The van der Waals surface area contributed by atoms with E-state index in [1.807, 2.05) is 183 Å². The highest BCUT2D eigenvalue weighted by Crippen LogP contribution is 2.43. The minimum absolute atomic E-state index is 0.0615. The number of pyridine rings is 2. The fraction of sp³-hybridized carbons (Fsp3) is 0.277. The van der Waals surface area contributed by atoms with Crippen molar-refractivity contribution in [2.75, 3.05) is 18.5 Å². The lowest BCUT2D eigenvalue weighted by atomic mass is 9.92. The number of carbonyl (C=O) groups excluding carboxylic acids is 8. The summed E-state index contributed by atoms with van der Waals surface area (Å²) in [5, 5.41) is 26.5. The Bertz CT molecular complexity index is 8800.